The molecule has 0 unspecified atom stereocenters. The van der Waals surface area contributed by atoms with Crippen molar-refractivity contribution >= 4 is 5.97 Å². The first-order valence-corrected chi connectivity index (χ1v) is 5.46. The largest absolute Gasteiger partial charge is 0.478 e. The van der Waals surface area contributed by atoms with Crippen LogP contribution < -0.4 is 0 Å². The maximum absolute atomic E-state index is 10.8. The van der Waals surface area contributed by atoms with Crippen LogP contribution in [0.4, 0.5) is 0 Å². The second kappa shape index (κ2) is 4.41. The van der Waals surface area contributed by atoms with Crippen molar-refractivity contribution in [3.8, 4) is 11.3 Å². The van der Waals surface area contributed by atoms with Gasteiger partial charge in [0.05, 0.1) is 17.6 Å². The summed E-state index contributed by atoms with van der Waals surface area (Å²) >= 11 is 0. The Morgan fingerprint density at radius 3 is 2.47 bits per heavy atom. The topological polar surface area (TPSA) is 66.0 Å². The van der Waals surface area contributed by atoms with Crippen molar-refractivity contribution in [1.29, 1.82) is 0 Å². The van der Waals surface area contributed by atoms with E-state index < -0.39 is 5.97 Å². The maximum Gasteiger partial charge on any atom is 0.335 e. The van der Waals surface area contributed by atoms with Gasteiger partial charge in [-0.05, 0) is 18.1 Å². The number of benzene rings is 1. The number of nitrogens with one attached hydrogen (secondary N) is 1. The van der Waals surface area contributed by atoms with Crippen molar-refractivity contribution in [3.63, 3.8) is 0 Å². The minimum atomic E-state index is -0.914. The van der Waals surface area contributed by atoms with E-state index in [1.165, 1.54) is 0 Å². The molecule has 0 atom stereocenters. The van der Waals surface area contributed by atoms with Crippen LogP contribution in [0.3, 0.4) is 0 Å². The molecular formula is C13H14N2O2. The number of carboxylic acids is 1. The van der Waals surface area contributed by atoms with Gasteiger partial charge in [-0.2, -0.15) is 0 Å². The first-order valence-electron chi connectivity index (χ1n) is 5.46. The van der Waals surface area contributed by atoms with Crippen molar-refractivity contribution < 1.29 is 9.90 Å². The second-order valence-electron chi connectivity index (χ2n) is 4.20. The highest BCUT2D eigenvalue weighted by Crippen LogP contribution is 2.25. The summed E-state index contributed by atoms with van der Waals surface area (Å²) in [6, 6.07) is 6.75. The maximum atomic E-state index is 10.8. The van der Waals surface area contributed by atoms with E-state index in [1.54, 1.807) is 30.6 Å². The predicted molar refractivity (Wildman–Crippen MR) is 65.1 cm³/mol. The second-order valence-corrected chi connectivity index (χ2v) is 4.20. The van der Waals surface area contributed by atoms with E-state index in [9.17, 15) is 4.79 Å². The molecule has 0 aliphatic heterocycles. The number of rotatable bonds is 3. The molecule has 1 aromatic heterocycles. The third-order valence-electron chi connectivity index (χ3n) is 2.65. The van der Waals surface area contributed by atoms with Crippen LogP contribution in [-0.4, -0.2) is 21.0 Å². The molecular weight excluding hydrogens is 216 g/mol. The van der Waals surface area contributed by atoms with E-state index in [4.69, 9.17) is 5.11 Å². The van der Waals surface area contributed by atoms with Crippen molar-refractivity contribution in [2.45, 2.75) is 19.8 Å². The average molecular weight is 230 g/mol. The highest BCUT2D eigenvalue weighted by molar-refractivity contribution is 5.88. The summed E-state index contributed by atoms with van der Waals surface area (Å²) < 4.78 is 0. The third kappa shape index (κ3) is 2.20. The van der Waals surface area contributed by atoms with Gasteiger partial charge in [-0.25, -0.2) is 9.78 Å². The lowest BCUT2D eigenvalue weighted by Gasteiger charge is -2.06. The Hall–Kier alpha value is -2.10. The zero-order valence-corrected chi connectivity index (χ0v) is 9.77. The molecule has 1 aromatic carbocycles. The van der Waals surface area contributed by atoms with Gasteiger partial charge in [0.25, 0.3) is 0 Å². The Morgan fingerprint density at radius 2 is 1.94 bits per heavy atom. The number of aromatic nitrogens is 2. The Labute approximate surface area is 99.3 Å². The lowest BCUT2D eigenvalue weighted by atomic mass is 10.0. The molecule has 1 heterocycles. The van der Waals surface area contributed by atoms with Gasteiger partial charge in [-0.15, -0.1) is 0 Å². The molecule has 0 fully saturated rings. The molecule has 0 spiro atoms. The molecule has 0 saturated heterocycles. The molecule has 0 bridgehead atoms. The van der Waals surface area contributed by atoms with Crippen LogP contribution in [0.15, 0.2) is 30.6 Å². The van der Waals surface area contributed by atoms with Crippen LogP contribution in [0, 0.1) is 0 Å². The van der Waals surface area contributed by atoms with Crippen LogP contribution in [-0.2, 0) is 0 Å². The fourth-order valence-corrected chi connectivity index (χ4v) is 1.75. The third-order valence-corrected chi connectivity index (χ3v) is 2.65. The minimum absolute atomic E-state index is 0.287. The number of aromatic carboxylic acids is 1. The molecule has 0 aliphatic carbocycles. The summed E-state index contributed by atoms with van der Waals surface area (Å²) in [5.74, 6) is -0.561. The molecule has 0 radical (unpaired) electrons. The van der Waals surface area contributed by atoms with Crippen LogP contribution in [0.2, 0.25) is 0 Å². The number of carbonyl (C=O) groups is 1. The predicted octanol–water partition coefficient (Wildman–Crippen LogP) is 2.90. The van der Waals surface area contributed by atoms with Crippen LogP contribution >= 0.6 is 0 Å². The van der Waals surface area contributed by atoms with Gasteiger partial charge >= 0.3 is 5.97 Å². The molecule has 2 aromatic rings. The summed E-state index contributed by atoms with van der Waals surface area (Å²) in [6.07, 6.45) is 1.66. The SMILES string of the molecule is CC(C)c1[nH]cnc1-c1ccc(C(=O)O)cc1. The molecule has 17 heavy (non-hydrogen) atoms. The van der Waals surface area contributed by atoms with E-state index in [0.29, 0.717) is 5.92 Å². The summed E-state index contributed by atoms with van der Waals surface area (Å²) in [5, 5.41) is 8.83. The molecule has 2 rings (SSSR count). The molecule has 2 N–H and O–H groups in total. The minimum Gasteiger partial charge on any atom is -0.478 e. The fraction of sp³-hybridized carbons (Fsp3) is 0.231. The van der Waals surface area contributed by atoms with Crippen molar-refractivity contribution in [2.24, 2.45) is 0 Å². The normalized spacial score (nSPS) is 10.8. The Bertz CT molecular complexity index is 527. The lowest BCUT2D eigenvalue weighted by Crippen LogP contribution is -1.96. The lowest BCUT2D eigenvalue weighted by molar-refractivity contribution is 0.0697. The van der Waals surface area contributed by atoms with Crippen LogP contribution in [0.1, 0.15) is 35.8 Å². The van der Waals surface area contributed by atoms with E-state index >= 15 is 0 Å². The molecule has 4 heteroatoms. The zero-order valence-electron chi connectivity index (χ0n) is 9.77. The number of imidazole rings is 1. The summed E-state index contributed by atoms with van der Waals surface area (Å²) in [6.45, 7) is 4.17. The van der Waals surface area contributed by atoms with Crippen molar-refractivity contribution in [2.75, 3.05) is 0 Å². The summed E-state index contributed by atoms with van der Waals surface area (Å²) in [5.41, 5.74) is 3.17. The Morgan fingerprint density at radius 1 is 1.29 bits per heavy atom. The first kappa shape index (κ1) is 11.4. The number of aromatic amines is 1. The van der Waals surface area contributed by atoms with Gasteiger partial charge in [-0.1, -0.05) is 26.0 Å². The number of H-pyrrole nitrogens is 1. The monoisotopic (exact) mass is 230 g/mol. The number of hydrogen-bond acceptors (Lipinski definition) is 2. The summed E-state index contributed by atoms with van der Waals surface area (Å²) in [4.78, 5) is 18.1. The fourth-order valence-electron chi connectivity index (χ4n) is 1.75. The van der Waals surface area contributed by atoms with Gasteiger partial charge in [0.1, 0.15) is 0 Å². The molecule has 4 nitrogen and oxygen atoms in total. The zero-order chi connectivity index (χ0) is 12.4. The number of nitrogens with zero attached hydrogens (tertiary/aromatic N) is 1. The number of hydrogen-bond donors (Lipinski definition) is 2. The highest BCUT2D eigenvalue weighted by Gasteiger charge is 2.11. The average Bonchev–Trinajstić information content (AvgIpc) is 2.78. The summed E-state index contributed by atoms with van der Waals surface area (Å²) in [7, 11) is 0. The number of carboxylic acid groups (broad SMARTS) is 1. The standard InChI is InChI=1S/C13H14N2O2/c1-8(2)11-12(15-7-14-11)9-3-5-10(6-4-9)13(16)17/h3-8H,1-2H3,(H,14,15)(H,16,17). The van der Waals surface area contributed by atoms with Crippen molar-refractivity contribution in [3.05, 3.63) is 41.9 Å². The Balaban J connectivity index is 2.40. The van der Waals surface area contributed by atoms with E-state index in [0.717, 1.165) is 17.0 Å². The van der Waals surface area contributed by atoms with Crippen LogP contribution in [0.25, 0.3) is 11.3 Å². The van der Waals surface area contributed by atoms with Gasteiger partial charge in [0.2, 0.25) is 0 Å². The smallest absolute Gasteiger partial charge is 0.335 e. The molecule has 0 aliphatic rings. The molecule has 88 valence electrons. The Kier molecular flexibility index (Phi) is 2.95. The molecule has 0 saturated carbocycles. The van der Waals surface area contributed by atoms with Crippen LogP contribution in [0.5, 0.6) is 0 Å². The van der Waals surface area contributed by atoms with Crippen molar-refractivity contribution in [1.82, 2.24) is 9.97 Å². The van der Waals surface area contributed by atoms with Gasteiger partial charge in [-0.3, -0.25) is 0 Å². The quantitative estimate of drug-likeness (QED) is 0.852. The first-order chi connectivity index (χ1) is 8.09. The van der Waals surface area contributed by atoms with Gasteiger partial charge in [0, 0.05) is 11.3 Å². The highest BCUT2D eigenvalue weighted by atomic mass is 16.4. The van der Waals surface area contributed by atoms with E-state index in [2.05, 4.69) is 23.8 Å². The molecule has 0 amide bonds. The van der Waals surface area contributed by atoms with E-state index in [1.807, 2.05) is 0 Å². The van der Waals surface area contributed by atoms with Gasteiger partial charge in [0.15, 0.2) is 0 Å². The van der Waals surface area contributed by atoms with E-state index in [-0.39, 0.29) is 5.56 Å². The van der Waals surface area contributed by atoms with Gasteiger partial charge < -0.3 is 10.1 Å².